The third kappa shape index (κ3) is 3.75. The molecule has 1 aliphatic heterocycles. The van der Waals surface area contributed by atoms with Crippen LogP contribution in [0.4, 0.5) is 0 Å². The van der Waals surface area contributed by atoms with E-state index in [4.69, 9.17) is 4.42 Å². The third-order valence-electron chi connectivity index (χ3n) is 3.21. The fourth-order valence-electron chi connectivity index (χ4n) is 2.26. The van der Waals surface area contributed by atoms with Crippen molar-refractivity contribution in [1.29, 1.82) is 0 Å². The highest BCUT2D eigenvalue weighted by atomic mass is 35.5. The normalized spacial score (nSPS) is 19.1. The van der Waals surface area contributed by atoms with E-state index >= 15 is 0 Å². The Bertz CT molecular complexity index is 386. The number of aryl methyl sites for hydroxylation is 1. The molecule has 18 heavy (non-hydrogen) atoms. The van der Waals surface area contributed by atoms with Gasteiger partial charge >= 0.3 is 0 Å². The Labute approximate surface area is 114 Å². The zero-order valence-corrected chi connectivity index (χ0v) is 11.8. The molecule has 1 saturated heterocycles. The van der Waals surface area contributed by atoms with Gasteiger partial charge in [-0.05, 0) is 38.4 Å². The van der Waals surface area contributed by atoms with E-state index in [-0.39, 0.29) is 24.2 Å². The van der Waals surface area contributed by atoms with Gasteiger partial charge in [-0.25, -0.2) is 0 Å². The second-order valence-electron chi connectivity index (χ2n) is 4.75. The smallest absolute Gasteiger partial charge is 0.227 e. The lowest BCUT2D eigenvalue weighted by Gasteiger charge is -2.26. The molecule has 0 aromatic carbocycles. The van der Waals surface area contributed by atoms with Gasteiger partial charge in [0, 0.05) is 13.6 Å². The Morgan fingerprint density at radius 3 is 2.89 bits per heavy atom. The minimum atomic E-state index is 0. The molecule has 1 aliphatic rings. The van der Waals surface area contributed by atoms with E-state index in [1.165, 1.54) is 0 Å². The molecule has 2 heterocycles. The third-order valence-corrected chi connectivity index (χ3v) is 3.21. The summed E-state index contributed by atoms with van der Waals surface area (Å²) in [5.74, 6) is 2.08. The van der Waals surface area contributed by atoms with Gasteiger partial charge in [-0.1, -0.05) is 0 Å². The van der Waals surface area contributed by atoms with E-state index in [9.17, 15) is 4.79 Å². The van der Waals surface area contributed by atoms with Crippen molar-refractivity contribution in [2.75, 3.05) is 20.1 Å². The molecule has 0 saturated carbocycles. The fourth-order valence-corrected chi connectivity index (χ4v) is 2.26. The molecule has 0 radical (unpaired) electrons. The Balaban J connectivity index is 0.00000162. The molecule has 5 heteroatoms. The second kappa shape index (κ2) is 6.81. The number of rotatable bonds is 3. The van der Waals surface area contributed by atoms with Gasteiger partial charge in [0.15, 0.2) is 0 Å². The minimum Gasteiger partial charge on any atom is -0.464 e. The van der Waals surface area contributed by atoms with Crippen LogP contribution in [0.5, 0.6) is 0 Å². The van der Waals surface area contributed by atoms with Crippen LogP contribution >= 0.6 is 12.4 Å². The van der Waals surface area contributed by atoms with Gasteiger partial charge in [-0.2, -0.15) is 0 Å². The van der Waals surface area contributed by atoms with Gasteiger partial charge in [0.05, 0.1) is 12.5 Å². The van der Waals surface area contributed by atoms with Crippen molar-refractivity contribution < 1.29 is 9.21 Å². The standard InChI is InChI=1S/C13H20N2O2.ClH/c1-10-5-6-12(17-10)9-15(2)13(16)11-4-3-7-14-8-11;/h5-6,11,14H,3-4,7-9H2,1-2H3;1H/t11-;/m1./s1. The van der Waals surface area contributed by atoms with Crippen LogP contribution in [0.25, 0.3) is 0 Å². The molecule has 1 atom stereocenters. The van der Waals surface area contributed by atoms with Crippen molar-refractivity contribution in [1.82, 2.24) is 10.2 Å². The maximum Gasteiger partial charge on any atom is 0.227 e. The molecule has 0 aliphatic carbocycles. The highest BCUT2D eigenvalue weighted by Crippen LogP contribution is 2.15. The average molecular weight is 273 g/mol. The average Bonchev–Trinajstić information content (AvgIpc) is 2.75. The van der Waals surface area contributed by atoms with E-state index in [0.717, 1.165) is 37.5 Å². The van der Waals surface area contributed by atoms with Gasteiger partial charge in [0.25, 0.3) is 0 Å². The number of carbonyl (C=O) groups excluding carboxylic acids is 1. The van der Waals surface area contributed by atoms with Crippen LogP contribution in [-0.4, -0.2) is 30.9 Å². The number of carbonyl (C=O) groups is 1. The molecule has 2 rings (SSSR count). The molecule has 1 aromatic rings. The largest absolute Gasteiger partial charge is 0.464 e. The summed E-state index contributed by atoms with van der Waals surface area (Å²) in [7, 11) is 1.84. The molecule has 4 nitrogen and oxygen atoms in total. The minimum absolute atomic E-state index is 0. The summed E-state index contributed by atoms with van der Waals surface area (Å²) in [6.45, 7) is 4.31. The summed E-state index contributed by atoms with van der Waals surface area (Å²) in [6, 6.07) is 3.86. The maximum absolute atomic E-state index is 12.2. The Kier molecular flexibility index (Phi) is 5.69. The number of nitrogens with zero attached hydrogens (tertiary/aromatic N) is 1. The first-order chi connectivity index (χ1) is 8.16. The van der Waals surface area contributed by atoms with Crippen molar-refractivity contribution in [2.24, 2.45) is 5.92 Å². The van der Waals surface area contributed by atoms with Gasteiger partial charge in [0.2, 0.25) is 5.91 Å². The summed E-state index contributed by atoms with van der Waals surface area (Å²) in [5, 5.41) is 3.27. The molecule has 1 aromatic heterocycles. The number of amides is 1. The van der Waals surface area contributed by atoms with E-state index in [2.05, 4.69) is 5.32 Å². The first kappa shape index (κ1) is 15.1. The molecule has 0 spiro atoms. The SMILES string of the molecule is Cc1ccc(CN(C)C(=O)[C@@H]2CCCNC2)o1.Cl. The summed E-state index contributed by atoms with van der Waals surface area (Å²) in [5.41, 5.74) is 0. The highest BCUT2D eigenvalue weighted by Gasteiger charge is 2.24. The molecular formula is C13H21ClN2O2. The summed E-state index contributed by atoms with van der Waals surface area (Å²) in [4.78, 5) is 13.9. The number of hydrogen-bond donors (Lipinski definition) is 1. The summed E-state index contributed by atoms with van der Waals surface area (Å²) < 4.78 is 5.48. The number of hydrogen-bond acceptors (Lipinski definition) is 3. The second-order valence-corrected chi connectivity index (χ2v) is 4.75. The van der Waals surface area contributed by atoms with Gasteiger partial charge in [0.1, 0.15) is 11.5 Å². The van der Waals surface area contributed by atoms with E-state index < -0.39 is 0 Å². The Morgan fingerprint density at radius 2 is 2.33 bits per heavy atom. The van der Waals surface area contributed by atoms with Gasteiger partial charge in [-0.15, -0.1) is 12.4 Å². The molecule has 0 unspecified atom stereocenters. The zero-order chi connectivity index (χ0) is 12.3. The van der Waals surface area contributed by atoms with E-state index in [1.807, 2.05) is 26.1 Å². The first-order valence-electron chi connectivity index (χ1n) is 6.18. The Hall–Kier alpha value is -1.00. The van der Waals surface area contributed by atoms with Gasteiger partial charge < -0.3 is 14.6 Å². The molecule has 102 valence electrons. The summed E-state index contributed by atoms with van der Waals surface area (Å²) >= 11 is 0. The van der Waals surface area contributed by atoms with Crippen molar-refractivity contribution in [3.8, 4) is 0 Å². The van der Waals surface area contributed by atoms with Crippen molar-refractivity contribution >= 4 is 18.3 Å². The van der Waals surface area contributed by atoms with E-state index in [0.29, 0.717) is 6.54 Å². The zero-order valence-electron chi connectivity index (χ0n) is 10.9. The number of piperidine rings is 1. The lowest BCUT2D eigenvalue weighted by atomic mass is 9.98. The quantitative estimate of drug-likeness (QED) is 0.915. The lowest BCUT2D eigenvalue weighted by molar-refractivity contribution is -0.135. The monoisotopic (exact) mass is 272 g/mol. The van der Waals surface area contributed by atoms with Crippen LogP contribution in [0, 0.1) is 12.8 Å². The van der Waals surface area contributed by atoms with Crippen molar-refractivity contribution in [3.05, 3.63) is 23.7 Å². The topological polar surface area (TPSA) is 45.5 Å². The van der Waals surface area contributed by atoms with Crippen molar-refractivity contribution in [3.63, 3.8) is 0 Å². The van der Waals surface area contributed by atoms with Crippen LogP contribution in [0.15, 0.2) is 16.5 Å². The summed E-state index contributed by atoms with van der Waals surface area (Å²) in [6.07, 6.45) is 2.08. The Morgan fingerprint density at radius 1 is 1.56 bits per heavy atom. The van der Waals surface area contributed by atoms with Crippen LogP contribution in [0.2, 0.25) is 0 Å². The van der Waals surface area contributed by atoms with Crippen LogP contribution < -0.4 is 5.32 Å². The first-order valence-corrected chi connectivity index (χ1v) is 6.18. The highest BCUT2D eigenvalue weighted by molar-refractivity contribution is 5.85. The molecule has 1 N–H and O–H groups in total. The number of nitrogens with one attached hydrogen (secondary N) is 1. The predicted octanol–water partition coefficient (Wildman–Crippen LogP) is 1.97. The van der Waals surface area contributed by atoms with Crippen molar-refractivity contribution in [2.45, 2.75) is 26.3 Å². The van der Waals surface area contributed by atoms with Crippen LogP contribution in [0.1, 0.15) is 24.4 Å². The number of halogens is 1. The molecule has 1 fully saturated rings. The van der Waals surface area contributed by atoms with E-state index in [1.54, 1.807) is 4.90 Å². The fraction of sp³-hybridized carbons (Fsp3) is 0.615. The molecular weight excluding hydrogens is 252 g/mol. The molecule has 0 bridgehead atoms. The predicted molar refractivity (Wildman–Crippen MR) is 72.8 cm³/mol. The van der Waals surface area contributed by atoms with Crippen LogP contribution in [-0.2, 0) is 11.3 Å². The number of furan rings is 1. The lowest BCUT2D eigenvalue weighted by Crippen LogP contribution is -2.41. The molecule has 1 amide bonds. The van der Waals surface area contributed by atoms with Crippen LogP contribution in [0.3, 0.4) is 0 Å². The maximum atomic E-state index is 12.2. The van der Waals surface area contributed by atoms with Gasteiger partial charge in [-0.3, -0.25) is 4.79 Å².